The van der Waals surface area contributed by atoms with Crippen molar-refractivity contribution in [3.05, 3.63) is 21.6 Å². The van der Waals surface area contributed by atoms with Crippen molar-refractivity contribution < 1.29 is 4.74 Å². The van der Waals surface area contributed by atoms with Crippen molar-refractivity contribution in [2.45, 2.75) is 51.6 Å². The maximum Gasteiger partial charge on any atom is 0.198 e. The first kappa shape index (κ1) is 19.3. The van der Waals surface area contributed by atoms with Gasteiger partial charge in [-0.25, -0.2) is 4.68 Å². The largest absolute Gasteiger partial charge is 0.379 e. The molecule has 7 heteroatoms. The maximum absolute atomic E-state index is 5.92. The summed E-state index contributed by atoms with van der Waals surface area (Å²) in [6, 6.07) is 2.57. The molecule has 2 aromatic heterocycles. The minimum absolute atomic E-state index is 0.407. The highest BCUT2D eigenvalue weighted by atomic mass is 32.1. The summed E-state index contributed by atoms with van der Waals surface area (Å²) in [5.41, 5.74) is 1.19. The summed E-state index contributed by atoms with van der Waals surface area (Å²) in [5.74, 6) is 1.75. The number of thiophene rings is 1. The van der Waals surface area contributed by atoms with Crippen LogP contribution in [0, 0.1) is 10.7 Å². The van der Waals surface area contributed by atoms with E-state index in [1.54, 1.807) is 11.3 Å². The smallest absolute Gasteiger partial charge is 0.198 e. The topological polar surface area (TPSA) is 35.2 Å². The summed E-state index contributed by atoms with van der Waals surface area (Å²) in [6.45, 7) is 7.84. The summed E-state index contributed by atoms with van der Waals surface area (Å²) in [6.07, 6.45) is 6.70. The van der Waals surface area contributed by atoms with Gasteiger partial charge >= 0.3 is 0 Å². The molecule has 1 saturated heterocycles. The lowest BCUT2D eigenvalue weighted by molar-refractivity contribution is 0.0359. The van der Waals surface area contributed by atoms with Gasteiger partial charge in [0.15, 0.2) is 10.6 Å². The van der Waals surface area contributed by atoms with Gasteiger partial charge in [0.05, 0.1) is 19.8 Å². The predicted octanol–water partition coefficient (Wildman–Crippen LogP) is 4.62. The van der Waals surface area contributed by atoms with Gasteiger partial charge in [0.2, 0.25) is 0 Å². The highest BCUT2D eigenvalue weighted by Crippen LogP contribution is 2.35. The first-order valence-electron chi connectivity index (χ1n) is 10.3. The number of rotatable bonds is 6. The molecule has 2 aliphatic rings. The molecule has 0 spiro atoms. The number of nitrogens with zero attached hydrogens (tertiary/aromatic N) is 4. The maximum atomic E-state index is 5.92. The Balaban J connectivity index is 1.59. The summed E-state index contributed by atoms with van der Waals surface area (Å²) in [7, 11) is 0. The van der Waals surface area contributed by atoms with Crippen LogP contribution in [0.25, 0.3) is 11.4 Å². The molecular weight excluding hydrogens is 376 g/mol. The molecule has 1 aliphatic heterocycles. The van der Waals surface area contributed by atoms with E-state index in [0.29, 0.717) is 12.0 Å². The molecule has 0 bridgehead atoms. The van der Waals surface area contributed by atoms with Gasteiger partial charge < -0.3 is 4.74 Å². The molecule has 0 amide bonds. The van der Waals surface area contributed by atoms with Crippen molar-refractivity contribution in [2.24, 2.45) is 5.92 Å². The third-order valence-corrected chi connectivity index (χ3v) is 7.21. The molecule has 4 rings (SSSR count). The third-order valence-electron chi connectivity index (χ3n) is 6.12. The van der Waals surface area contributed by atoms with E-state index in [9.17, 15) is 0 Å². The zero-order valence-electron chi connectivity index (χ0n) is 16.2. The van der Waals surface area contributed by atoms with Crippen LogP contribution in [0.1, 0.15) is 45.1 Å². The SMILES string of the molecule is C[C@H](C1CCCCC1)n1c(-c2ccsc2)nn(CCN2CCOCC2)c1=S. The number of ether oxygens (including phenoxy) is 1. The van der Waals surface area contributed by atoms with Gasteiger partial charge in [-0.05, 0) is 49.3 Å². The van der Waals surface area contributed by atoms with Crippen LogP contribution in [0.5, 0.6) is 0 Å². The summed E-state index contributed by atoms with van der Waals surface area (Å²) in [5, 5.41) is 9.29. The predicted molar refractivity (Wildman–Crippen MR) is 113 cm³/mol. The minimum Gasteiger partial charge on any atom is -0.379 e. The van der Waals surface area contributed by atoms with Crippen LogP contribution in [-0.4, -0.2) is 52.1 Å². The second-order valence-electron chi connectivity index (χ2n) is 7.80. The van der Waals surface area contributed by atoms with Gasteiger partial charge in [-0.15, -0.1) is 0 Å². The lowest BCUT2D eigenvalue weighted by atomic mass is 9.84. The standard InChI is InChI=1S/C20H30N4OS2/c1-16(17-5-3-2-4-6-17)24-19(18-7-14-27-15-18)21-23(20(24)26)9-8-22-10-12-25-13-11-22/h7,14-17H,2-6,8-13H2,1H3/t16-/m1/s1. The number of hydrogen-bond donors (Lipinski definition) is 0. The number of morpholine rings is 1. The Labute approximate surface area is 170 Å². The Morgan fingerprint density at radius 3 is 2.70 bits per heavy atom. The first-order chi connectivity index (χ1) is 13.2. The van der Waals surface area contributed by atoms with Crippen LogP contribution in [0.2, 0.25) is 0 Å². The number of hydrogen-bond acceptors (Lipinski definition) is 5. The highest BCUT2D eigenvalue weighted by molar-refractivity contribution is 7.71. The van der Waals surface area contributed by atoms with E-state index < -0.39 is 0 Å². The van der Waals surface area contributed by atoms with E-state index >= 15 is 0 Å². The summed E-state index contributed by atoms with van der Waals surface area (Å²) < 4.78 is 10.7. The minimum atomic E-state index is 0.407. The van der Waals surface area contributed by atoms with Crippen LogP contribution < -0.4 is 0 Å². The highest BCUT2D eigenvalue weighted by Gasteiger charge is 2.26. The Bertz CT molecular complexity index is 771. The Morgan fingerprint density at radius 2 is 2.00 bits per heavy atom. The number of aromatic nitrogens is 3. The van der Waals surface area contributed by atoms with Gasteiger partial charge in [0.25, 0.3) is 0 Å². The zero-order valence-corrected chi connectivity index (χ0v) is 17.8. The molecule has 27 heavy (non-hydrogen) atoms. The molecule has 1 saturated carbocycles. The zero-order chi connectivity index (χ0) is 18.6. The Morgan fingerprint density at radius 1 is 1.22 bits per heavy atom. The molecule has 2 aromatic rings. The van der Waals surface area contributed by atoms with E-state index in [-0.39, 0.29) is 0 Å². The average Bonchev–Trinajstić information content (AvgIpc) is 3.35. The average molecular weight is 407 g/mol. The van der Waals surface area contributed by atoms with Crippen molar-refractivity contribution in [3.8, 4) is 11.4 Å². The fourth-order valence-corrected chi connectivity index (χ4v) is 5.43. The van der Waals surface area contributed by atoms with Gasteiger partial charge in [-0.1, -0.05) is 19.3 Å². The van der Waals surface area contributed by atoms with Crippen molar-refractivity contribution in [1.29, 1.82) is 0 Å². The molecule has 0 unspecified atom stereocenters. The first-order valence-corrected chi connectivity index (χ1v) is 11.6. The second kappa shape index (κ2) is 8.99. The molecule has 1 aliphatic carbocycles. The second-order valence-corrected chi connectivity index (χ2v) is 8.95. The fourth-order valence-electron chi connectivity index (χ4n) is 4.41. The molecule has 0 N–H and O–H groups in total. The van der Waals surface area contributed by atoms with Crippen molar-refractivity contribution in [2.75, 3.05) is 32.8 Å². The Hall–Kier alpha value is -1.02. The lowest BCUT2D eigenvalue weighted by Crippen LogP contribution is -2.38. The van der Waals surface area contributed by atoms with E-state index in [0.717, 1.165) is 50.0 Å². The summed E-state index contributed by atoms with van der Waals surface area (Å²) >= 11 is 7.65. The molecule has 1 atom stereocenters. The van der Waals surface area contributed by atoms with Gasteiger partial charge in [0.1, 0.15) is 0 Å². The van der Waals surface area contributed by atoms with Crippen molar-refractivity contribution in [1.82, 2.24) is 19.2 Å². The van der Waals surface area contributed by atoms with Crippen molar-refractivity contribution in [3.63, 3.8) is 0 Å². The summed E-state index contributed by atoms with van der Waals surface area (Å²) in [4.78, 5) is 2.44. The molecule has 2 fully saturated rings. The molecule has 0 aromatic carbocycles. The van der Waals surface area contributed by atoms with Gasteiger partial charge in [-0.3, -0.25) is 9.47 Å². The molecule has 0 radical (unpaired) electrons. The third kappa shape index (κ3) is 4.36. The van der Waals surface area contributed by atoms with E-state index in [4.69, 9.17) is 22.1 Å². The quantitative estimate of drug-likeness (QED) is 0.656. The van der Waals surface area contributed by atoms with E-state index in [1.807, 2.05) is 0 Å². The molecule has 148 valence electrons. The van der Waals surface area contributed by atoms with Crippen LogP contribution in [0.15, 0.2) is 16.8 Å². The van der Waals surface area contributed by atoms with Gasteiger partial charge in [-0.2, -0.15) is 16.4 Å². The van der Waals surface area contributed by atoms with Crippen LogP contribution >= 0.6 is 23.6 Å². The van der Waals surface area contributed by atoms with Crippen molar-refractivity contribution >= 4 is 23.6 Å². The molecular formula is C20H30N4OS2. The fraction of sp³-hybridized carbons (Fsp3) is 0.700. The molecule has 3 heterocycles. The van der Waals surface area contributed by atoms with E-state index in [1.165, 1.54) is 37.7 Å². The Kier molecular flexibility index (Phi) is 6.42. The van der Waals surface area contributed by atoms with Crippen LogP contribution in [0.3, 0.4) is 0 Å². The monoisotopic (exact) mass is 406 g/mol. The van der Waals surface area contributed by atoms with Crippen LogP contribution in [0.4, 0.5) is 0 Å². The lowest BCUT2D eigenvalue weighted by Gasteiger charge is -2.29. The normalized spacial score (nSPS) is 20.8. The molecule has 5 nitrogen and oxygen atoms in total. The van der Waals surface area contributed by atoms with E-state index in [2.05, 4.69) is 37.9 Å². The van der Waals surface area contributed by atoms with Crippen LogP contribution in [-0.2, 0) is 11.3 Å². The van der Waals surface area contributed by atoms with Gasteiger partial charge in [0, 0.05) is 36.6 Å².